The van der Waals surface area contributed by atoms with E-state index >= 15 is 0 Å². The number of aromatic hydroxyl groups is 4. The van der Waals surface area contributed by atoms with Crippen molar-refractivity contribution in [2.45, 2.75) is 66.2 Å². The molecule has 5 heteroatoms. The Hall–Kier alpha value is -2.01. The Kier molecular flexibility index (Phi) is 8.13. The topological polar surface area (TPSA) is 80.9 Å². The highest BCUT2D eigenvalue weighted by molar-refractivity contribution is 7.59. The van der Waals surface area contributed by atoms with E-state index in [1.807, 2.05) is 41.5 Å². The quantitative estimate of drug-likeness (QED) is 0.444. The summed E-state index contributed by atoms with van der Waals surface area (Å²) in [5.41, 5.74) is 2.70. The van der Waals surface area contributed by atoms with Gasteiger partial charge in [-0.05, 0) is 60.1 Å². The van der Waals surface area contributed by atoms with Crippen LogP contribution in [0.15, 0.2) is 24.3 Å². The van der Waals surface area contributed by atoms with E-state index < -0.39 is 0 Å². The van der Waals surface area contributed by atoms with Crippen LogP contribution in [0.5, 0.6) is 23.0 Å². The lowest BCUT2D eigenvalue weighted by Crippen LogP contribution is -2.11. The first-order valence-electron chi connectivity index (χ1n) is 8.70. The van der Waals surface area contributed by atoms with Crippen LogP contribution in [0.3, 0.4) is 0 Å². The van der Waals surface area contributed by atoms with E-state index in [9.17, 15) is 20.4 Å². The summed E-state index contributed by atoms with van der Waals surface area (Å²) < 4.78 is 0. The molecule has 2 rings (SSSR count). The van der Waals surface area contributed by atoms with E-state index in [0.717, 1.165) is 11.1 Å². The van der Waals surface area contributed by atoms with Gasteiger partial charge in [0.15, 0.2) is 0 Å². The molecular weight excluding hydrogens is 360 g/mol. The highest BCUT2D eigenvalue weighted by Crippen LogP contribution is 2.36. The SMILES string of the molecule is Cc1cc(O)cc(C(C)(C)C)c1O.Cc1cc(O)cc(C(C)(C)C)c1O.S. The molecular formula is C22H34O4S. The normalized spacial score (nSPS) is 11.3. The molecule has 0 spiro atoms. The fourth-order valence-electron chi connectivity index (χ4n) is 2.66. The number of phenolic OH excluding ortho intramolecular Hbond substituents is 4. The molecule has 27 heavy (non-hydrogen) atoms. The molecule has 2 aromatic carbocycles. The van der Waals surface area contributed by atoms with Crippen LogP contribution in [0.4, 0.5) is 0 Å². The summed E-state index contributed by atoms with van der Waals surface area (Å²) in [6, 6.07) is 6.35. The van der Waals surface area contributed by atoms with Crippen molar-refractivity contribution < 1.29 is 20.4 Å². The fraction of sp³-hybridized carbons (Fsp3) is 0.455. The Labute approximate surface area is 170 Å². The molecule has 152 valence electrons. The Morgan fingerprint density at radius 3 is 1.04 bits per heavy atom. The number of aryl methyl sites for hydroxylation is 2. The van der Waals surface area contributed by atoms with Crippen molar-refractivity contribution in [1.82, 2.24) is 0 Å². The van der Waals surface area contributed by atoms with E-state index in [1.165, 1.54) is 0 Å². The van der Waals surface area contributed by atoms with Crippen LogP contribution in [0, 0.1) is 13.8 Å². The minimum absolute atomic E-state index is 0. The summed E-state index contributed by atoms with van der Waals surface area (Å²) in [6.07, 6.45) is 0. The standard InChI is InChI=1S/2C11H16O2.H2S/c2*1-7-5-8(12)6-9(10(7)13)11(2,3)4;/h2*5-6,12-13H,1-4H3;1H2. The van der Waals surface area contributed by atoms with Crippen molar-refractivity contribution >= 4 is 13.5 Å². The second-order valence-corrected chi connectivity index (χ2v) is 8.82. The summed E-state index contributed by atoms with van der Waals surface area (Å²) in [5.74, 6) is 0.982. The maximum atomic E-state index is 9.75. The average Bonchev–Trinajstić information content (AvgIpc) is 2.45. The van der Waals surface area contributed by atoms with E-state index in [1.54, 1.807) is 38.1 Å². The Balaban J connectivity index is 0.000000483. The largest absolute Gasteiger partial charge is 0.508 e. The van der Waals surface area contributed by atoms with Gasteiger partial charge in [0.2, 0.25) is 0 Å². The lowest BCUT2D eigenvalue weighted by Gasteiger charge is -2.21. The zero-order valence-corrected chi connectivity index (χ0v) is 18.6. The van der Waals surface area contributed by atoms with Gasteiger partial charge in [0.1, 0.15) is 23.0 Å². The molecule has 0 radical (unpaired) electrons. The highest BCUT2D eigenvalue weighted by Gasteiger charge is 2.20. The number of phenols is 4. The summed E-state index contributed by atoms with van der Waals surface area (Å²) in [4.78, 5) is 0. The molecule has 0 amide bonds. The first-order chi connectivity index (χ1) is 11.6. The van der Waals surface area contributed by atoms with E-state index in [0.29, 0.717) is 11.1 Å². The summed E-state index contributed by atoms with van der Waals surface area (Å²) >= 11 is 0. The van der Waals surface area contributed by atoms with Gasteiger partial charge in [-0.1, -0.05) is 41.5 Å². The third-order valence-corrected chi connectivity index (χ3v) is 4.19. The highest BCUT2D eigenvalue weighted by atomic mass is 32.1. The van der Waals surface area contributed by atoms with E-state index in [2.05, 4.69) is 0 Å². The Morgan fingerprint density at radius 1 is 0.556 bits per heavy atom. The van der Waals surface area contributed by atoms with Gasteiger partial charge in [-0.3, -0.25) is 0 Å². The minimum atomic E-state index is -0.145. The van der Waals surface area contributed by atoms with Gasteiger partial charge in [-0.15, -0.1) is 0 Å². The molecule has 0 aliphatic rings. The molecule has 0 unspecified atom stereocenters. The van der Waals surface area contributed by atoms with Crippen molar-refractivity contribution in [2.24, 2.45) is 0 Å². The van der Waals surface area contributed by atoms with Crippen LogP contribution >= 0.6 is 13.5 Å². The molecule has 4 N–H and O–H groups in total. The third kappa shape index (κ3) is 6.58. The predicted octanol–water partition coefficient (Wildman–Crippen LogP) is 5.52. The summed E-state index contributed by atoms with van der Waals surface area (Å²) in [5, 5.41) is 38.2. The lowest BCUT2D eigenvalue weighted by atomic mass is 9.85. The maximum Gasteiger partial charge on any atom is 0.122 e. The van der Waals surface area contributed by atoms with Crippen LogP contribution in [-0.2, 0) is 10.8 Å². The second-order valence-electron chi connectivity index (χ2n) is 8.82. The number of benzene rings is 2. The average molecular weight is 395 g/mol. The van der Waals surface area contributed by atoms with Crippen molar-refractivity contribution in [1.29, 1.82) is 0 Å². The molecule has 0 saturated carbocycles. The smallest absolute Gasteiger partial charge is 0.122 e. The molecule has 0 heterocycles. The van der Waals surface area contributed by atoms with Gasteiger partial charge in [-0.2, -0.15) is 13.5 Å². The molecule has 0 atom stereocenters. The zero-order valence-electron chi connectivity index (χ0n) is 17.6. The van der Waals surface area contributed by atoms with Crippen molar-refractivity contribution in [2.75, 3.05) is 0 Å². The van der Waals surface area contributed by atoms with Crippen LogP contribution in [-0.4, -0.2) is 20.4 Å². The first kappa shape index (κ1) is 25.0. The fourth-order valence-corrected chi connectivity index (χ4v) is 2.66. The second kappa shape index (κ2) is 8.79. The van der Waals surface area contributed by atoms with Gasteiger partial charge in [0, 0.05) is 11.1 Å². The van der Waals surface area contributed by atoms with E-state index in [4.69, 9.17) is 0 Å². The Bertz CT molecular complexity index is 717. The van der Waals surface area contributed by atoms with Crippen molar-refractivity contribution in [3.8, 4) is 23.0 Å². The number of hydrogen-bond acceptors (Lipinski definition) is 4. The van der Waals surface area contributed by atoms with Gasteiger partial charge >= 0.3 is 0 Å². The van der Waals surface area contributed by atoms with Crippen molar-refractivity contribution in [3.05, 3.63) is 46.5 Å². The zero-order chi connectivity index (χ0) is 20.4. The molecule has 0 saturated heterocycles. The van der Waals surface area contributed by atoms with Gasteiger partial charge in [0.25, 0.3) is 0 Å². The molecule has 0 fully saturated rings. The monoisotopic (exact) mass is 394 g/mol. The van der Waals surface area contributed by atoms with Gasteiger partial charge < -0.3 is 20.4 Å². The lowest BCUT2D eigenvalue weighted by molar-refractivity contribution is 0.431. The predicted molar refractivity (Wildman–Crippen MR) is 117 cm³/mol. The van der Waals surface area contributed by atoms with Crippen LogP contribution in [0.2, 0.25) is 0 Å². The molecule has 2 aromatic rings. The molecule has 4 nitrogen and oxygen atoms in total. The summed E-state index contributed by atoms with van der Waals surface area (Å²) in [6.45, 7) is 15.6. The van der Waals surface area contributed by atoms with Gasteiger partial charge in [-0.25, -0.2) is 0 Å². The van der Waals surface area contributed by atoms with Gasteiger partial charge in [0.05, 0.1) is 0 Å². The molecule has 0 aliphatic carbocycles. The van der Waals surface area contributed by atoms with Crippen LogP contribution < -0.4 is 0 Å². The number of hydrogen-bond donors (Lipinski definition) is 4. The van der Waals surface area contributed by atoms with Crippen molar-refractivity contribution in [3.63, 3.8) is 0 Å². The van der Waals surface area contributed by atoms with E-state index in [-0.39, 0.29) is 47.3 Å². The summed E-state index contributed by atoms with van der Waals surface area (Å²) in [7, 11) is 0. The first-order valence-corrected chi connectivity index (χ1v) is 8.70. The third-order valence-electron chi connectivity index (χ3n) is 4.19. The minimum Gasteiger partial charge on any atom is -0.508 e. The van der Waals surface area contributed by atoms with Crippen LogP contribution in [0.25, 0.3) is 0 Å². The Morgan fingerprint density at radius 2 is 0.815 bits per heavy atom. The molecule has 0 bridgehead atoms. The molecule has 0 aliphatic heterocycles. The number of rotatable bonds is 0. The van der Waals surface area contributed by atoms with Crippen LogP contribution in [0.1, 0.15) is 63.8 Å². The molecule has 0 aromatic heterocycles. The maximum absolute atomic E-state index is 9.75.